The predicted molar refractivity (Wildman–Crippen MR) is 124 cm³/mol. The van der Waals surface area contributed by atoms with E-state index in [4.69, 9.17) is 21.1 Å². The third-order valence-electron chi connectivity index (χ3n) is 5.10. The molecule has 1 fully saturated rings. The number of benzene rings is 3. The van der Waals surface area contributed by atoms with Gasteiger partial charge in [-0.25, -0.2) is 5.01 Å². The van der Waals surface area contributed by atoms with Gasteiger partial charge in [-0.2, -0.15) is 0 Å². The van der Waals surface area contributed by atoms with Crippen LogP contribution < -0.4 is 19.9 Å². The van der Waals surface area contributed by atoms with Crippen LogP contribution in [-0.2, 0) is 16.2 Å². The summed E-state index contributed by atoms with van der Waals surface area (Å²) in [7, 11) is 1.51. The van der Waals surface area contributed by atoms with E-state index in [0.29, 0.717) is 34.4 Å². The van der Waals surface area contributed by atoms with E-state index >= 15 is 0 Å². The highest BCUT2D eigenvalue weighted by atomic mass is 35.5. The number of halogens is 1. The monoisotopic (exact) mass is 448 g/mol. The summed E-state index contributed by atoms with van der Waals surface area (Å²) in [6, 6.07) is 20.1. The lowest BCUT2D eigenvalue weighted by atomic mass is 10.1. The second-order valence-corrected chi connectivity index (χ2v) is 7.63. The van der Waals surface area contributed by atoms with Gasteiger partial charge in [0.05, 0.1) is 17.8 Å². The number of methoxy groups -OCH3 is 1. The van der Waals surface area contributed by atoms with Crippen LogP contribution in [0.5, 0.6) is 11.5 Å². The highest BCUT2D eigenvalue weighted by molar-refractivity contribution is 6.33. The first-order chi connectivity index (χ1) is 15.5. The molecular weight excluding hydrogens is 428 g/mol. The molecule has 3 aromatic rings. The molecule has 2 amide bonds. The van der Waals surface area contributed by atoms with E-state index in [2.05, 4.69) is 5.43 Å². The van der Waals surface area contributed by atoms with Gasteiger partial charge in [-0.3, -0.25) is 15.0 Å². The van der Waals surface area contributed by atoms with Crippen molar-refractivity contribution >= 4 is 35.2 Å². The SMILES string of the molecule is COc1cc(/C=C2/C(=O)NN(c3ccccc3)C2=O)cc(Cl)c1OCc1ccccc1C. The molecule has 4 rings (SSSR count). The fourth-order valence-corrected chi connectivity index (χ4v) is 3.64. The molecule has 0 spiro atoms. The molecule has 6 nitrogen and oxygen atoms in total. The van der Waals surface area contributed by atoms with Crippen LogP contribution in [0.3, 0.4) is 0 Å². The fraction of sp³-hybridized carbons (Fsp3) is 0.120. The number of aryl methyl sites for hydroxylation is 1. The summed E-state index contributed by atoms with van der Waals surface area (Å²) in [6.45, 7) is 2.34. The molecule has 1 N–H and O–H groups in total. The molecule has 0 saturated carbocycles. The number of hydrogen-bond donors (Lipinski definition) is 1. The van der Waals surface area contributed by atoms with E-state index in [1.165, 1.54) is 18.2 Å². The van der Waals surface area contributed by atoms with Gasteiger partial charge < -0.3 is 9.47 Å². The van der Waals surface area contributed by atoms with Gasteiger partial charge in [0.15, 0.2) is 11.5 Å². The number of nitrogens with zero attached hydrogens (tertiary/aromatic N) is 1. The zero-order valence-corrected chi connectivity index (χ0v) is 18.3. The number of anilines is 1. The number of carbonyl (C=O) groups is 2. The van der Waals surface area contributed by atoms with Crippen LogP contribution in [0.1, 0.15) is 16.7 Å². The van der Waals surface area contributed by atoms with Crippen molar-refractivity contribution in [3.63, 3.8) is 0 Å². The smallest absolute Gasteiger partial charge is 0.282 e. The molecule has 1 aliphatic heterocycles. The van der Waals surface area contributed by atoms with Gasteiger partial charge >= 0.3 is 0 Å². The van der Waals surface area contributed by atoms with Crippen LogP contribution in [0.2, 0.25) is 5.02 Å². The fourth-order valence-electron chi connectivity index (χ4n) is 3.37. The molecule has 1 saturated heterocycles. The van der Waals surface area contributed by atoms with Crippen LogP contribution in [0.4, 0.5) is 5.69 Å². The van der Waals surface area contributed by atoms with Gasteiger partial charge in [0.1, 0.15) is 12.2 Å². The lowest BCUT2D eigenvalue weighted by Gasteiger charge is -2.14. The minimum absolute atomic E-state index is 0.000511. The maximum absolute atomic E-state index is 12.8. The van der Waals surface area contributed by atoms with Crippen molar-refractivity contribution in [2.45, 2.75) is 13.5 Å². The van der Waals surface area contributed by atoms with E-state index < -0.39 is 11.8 Å². The second kappa shape index (κ2) is 9.16. The Bertz CT molecular complexity index is 1210. The molecule has 0 radical (unpaired) electrons. The van der Waals surface area contributed by atoms with Gasteiger partial charge in [0, 0.05) is 0 Å². The van der Waals surface area contributed by atoms with E-state index in [0.717, 1.165) is 11.1 Å². The van der Waals surface area contributed by atoms with Crippen molar-refractivity contribution in [2.24, 2.45) is 0 Å². The average molecular weight is 449 g/mol. The Morgan fingerprint density at radius 3 is 2.47 bits per heavy atom. The van der Waals surface area contributed by atoms with Gasteiger partial charge in [-0.1, -0.05) is 54.1 Å². The van der Waals surface area contributed by atoms with Crippen molar-refractivity contribution < 1.29 is 19.1 Å². The van der Waals surface area contributed by atoms with E-state index in [-0.39, 0.29) is 5.57 Å². The molecule has 0 aliphatic carbocycles. The summed E-state index contributed by atoms with van der Waals surface area (Å²) in [5.41, 5.74) is 5.84. The van der Waals surface area contributed by atoms with Crippen LogP contribution in [0.15, 0.2) is 72.3 Å². The molecule has 1 aliphatic rings. The van der Waals surface area contributed by atoms with Gasteiger partial charge in [0.25, 0.3) is 11.8 Å². The number of nitrogens with one attached hydrogen (secondary N) is 1. The molecule has 0 atom stereocenters. The third kappa shape index (κ3) is 4.31. The predicted octanol–water partition coefficient (Wildman–Crippen LogP) is 4.70. The van der Waals surface area contributed by atoms with Gasteiger partial charge in [-0.15, -0.1) is 0 Å². The highest BCUT2D eigenvalue weighted by Crippen LogP contribution is 2.38. The number of hydrazine groups is 1. The Morgan fingerprint density at radius 2 is 1.75 bits per heavy atom. The number of rotatable bonds is 6. The Balaban J connectivity index is 1.60. The van der Waals surface area contributed by atoms with Crippen LogP contribution in [0, 0.1) is 6.92 Å². The number of para-hydroxylation sites is 1. The first-order valence-electron chi connectivity index (χ1n) is 9.95. The van der Waals surface area contributed by atoms with Crippen molar-refractivity contribution in [1.29, 1.82) is 0 Å². The standard InChI is InChI=1S/C25H21ClN2O4/c1-16-8-6-7-9-18(16)15-32-23-21(26)13-17(14-22(23)31-2)12-20-24(29)27-28(25(20)30)19-10-4-3-5-11-19/h3-14H,15H2,1-2H3,(H,27,29)/b20-12-. The first-order valence-corrected chi connectivity index (χ1v) is 10.3. The lowest BCUT2D eigenvalue weighted by Crippen LogP contribution is -2.35. The Kier molecular flexibility index (Phi) is 6.14. The van der Waals surface area contributed by atoms with E-state index in [1.54, 1.807) is 36.4 Å². The molecule has 162 valence electrons. The van der Waals surface area contributed by atoms with Crippen molar-refractivity contribution in [2.75, 3.05) is 12.1 Å². The van der Waals surface area contributed by atoms with Crippen LogP contribution >= 0.6 is 11.6 Å². The topological polar surface area (TPSA) is 67.9 Å². The number of ether oxygens (including phenoxy) is 2. The Hall–Kier alpha value is -3.77. The lowest BCUT2D eigenvalue weighted by molar-refractivity contribution is -0.117. The average Bonchev–Trinajstić information content (AvgIpc) is 3.08. The summed E-state index contributed by atoms with van der Waals surface area (Å²) in [5, 5.41) is 1.53. The minimum atomic E-state index is -0.492. The van der Waals surface area contributed by atoms with E-state index in [9.17, 15) is 9.59 Å². The number of hydrogen-bond acceptors (Lipinski definition) is 4. The Labute approximate surface area is 191 Å². The van der Waals surface area contributed by atoms with Crippen molar-refractivity contribution in [3.05, 3.63) is 94.0 Å². The zero-order chi connectivity index (χ0) is 22.7. The first kappa shape index (κ1) is 21.5. The molecule has 1 heterocycles. The Morgan fingerprint density at radius 1 is 1.03 bits per heavy atom. The maximum atomic E-state index is 12.8. The number of carbonyl (C=O) groups excluding carboxylic acids is 2. The normalized spacial score (nSPS) is 14.6. The van der Waals surface area contributed by atoms with Gasteiger partial charge in [0.2, 0.25) is 0 Å². The minimum Gasteiger partial charge on any atom is -0.493 e. The van der Waals surface area contributed by atoms with Crippen molar-refractivity contribution in [3.8, 4) is 11.5 Å². The maximum Gasteiger partial charge on any atom is 0.282 e. The largest absolute Gasteiger partial charge is 0.493 e. The molecule has 32 heavy (non-hydrogen) atoms. The number of amides is 2. The van der Waals surface area contributed by atoms with Crippen LogP contribution in [0.25, 0.3) is 6.08 Å². The molecular formula is C25H21ClN2O4. The molecule has 7 heteroatoms. The summed E-state index contributed by atoms with van der Waals surface area (Å²) in [4.78, 5) is 25.2. The highest BCUT2D eigenvalue weighted by Gasteiger charge is 2.34. The molecule has 0 bridgehead atoms. The quantitative estimate of drug-likeness (QED) is 0.438. The zero-order valence-electron chi connectivity index (χ0n) is 17.6. The summed E-state index contributed by atoms with van der Waals surface area (Å²) >= 11 is 6.47. The third-order valence-corrected chi connectivity index (χ3v) is 5.38. The van der Waals surface area contributed by atoms with E-state index in [1.807, 2.05) is 37.3 Å². The van der Waals surface area contributed by atoms with Crippen LogP contribution in [-0.4, -0.2) is 18.9 Å². The van der Waals surface area contributed by atoms with Gasteiger partial charge in [-0.05, 0) is 54.0 Å². The van der Waals surface area contributed by atoms with Crippen molar-refractivity contribution in [1.82, 2.24) is 5.43 Å². The molecule has 0 unspecified atom stereocenters. The second-order valence-electron chi connectivity index (χ2n) is 7.22. The summed E-state index contributed by atoms with van der Waals surface area (Å²) < 4.78 is 11.4. The summed E-state index contributed by atoms with van der Waals surface area (Å²) in [6.07, 6.45) is 1.49. The summed E-state index contributed by atoms with van der Waals surface area (Å²) in [5.74, 6) is -0.138. The molecule has 3 aromatic carbocycles. The molecule has 0 aromatic heterocycles.